The Labute approximate surface area is 373 Å². The lowest BCUT2D eigenvalue weighted by molar-refractivity contribution is -0.143. The molecule has 4 aromatic heterocycles. The van der Waals surface area contributed by atoms with E-state index in [1.807, 2.05) is 37.3 Å². The Hall–Kier alpha value is -5.02. The van der Waals surface area contributed by atoms with Crippen molar-refractivity contribution in [2.24, 2.45) is 0 Å². The van der Waals surface area contributed by atoms with Crippen molar-refractivity contribution in [1.82, 2.24) is 19.1 Å². The van der Waals surface area contributed by atoms with Crippen LogP contribution in [0.2, 0.25) is 0 Å². The van der Waals surface area contributed by atoms with Crippen LogP contribution in [0.4, 0.5) is 0 Å². The Morgan fingerprint density at radius 1 is 0.705 bits per heavy atom. The summed E-state index contributed by atoms with van der Waals surface area (Å²) in [4.78, 5) is 32.2. The molecule has 0 amide bonds. The summed E-state index contributed by atoms with van der Waals surface area (Å²) in [6.45, 7) is 8.07. The van der Waals surface area contributed by atoms with Gasteiger partial charge in [0.25, 0.3) is 0 Å². The number of carbonyl (C=O) groups is 2. The average molecular weight is 897 g/mol. The highest BCUT2D eigenvalue weighted by molar-refractivity contribution is 7.99. The maximum atomic E-state index is 11.6. The predicted molar refractivity (Wildman–Crippen MR) is 255 cm³/mol. The van der Waals surface area contributed by atoms with Gasteiger partial charge in [-0.1, -0.05) is 55.2 Å². The number of carboxylic acid groups (broad SMARTS) is 1. The summed E-state index contributed by atoms with van der Waals surface area (Å²) in [5.74, 6) is 2.21. The third kappa shape index (κ3) is 10.7. The second-order valence-corrected chi connectivity index (χ2v) is 18.1. The van der Waals surface area contributed by atoms with Crippen LogP contribution in [-0.2, 0) is 27.4 Å². The monoisotopic (exact) mass is 896 g/mol. The van der Waals surface area contributed by atoms with Crippen LogP contribution in [0.1, 0.15) is 62.3 Å². The molecule has 8 aromatic rings. The molecule has 0 saturated heterocycles. The van der Waals surface area contributed by atoms with Gasteiger partial charge in [0.1, 0.15) is 11.5 Å². The van der Waals surface area contributed by atoms with Crippen molar-refractivity contribution in [3.05, 3.63) is 106 Å². The number of ether oxygens (including phenoxy) is 3. The molecule has 14 heteroatoms. The molecule has 0 bridgehead atoms. The number of thioether (sulfide) groups is 2. The third-order valence-electron chi connectivity index (χ3n) is 10.1. The van der Waals surface area contributed by atoms with Crippen LogP contribution < -0.4 is 9.47 Å². The molecule has 0 aliphatic rings. The molecule has 0 spiro atoms. The fourth-order valence-electron chi connectivity index (χ4n) is 7.22. The van der Waals surface area contributed by atoms with Gasteiger partial charge in [-0.15, -0.1) is 22.7 Å². The molecule has 0 radical (unpaired) electrons. The first-order valence-corrected chi connectivity index (χ1v) is 23.5. The van der Waals surface area contributed by atoms with Crippen molar-refractivity contribution in [2.75, 3.05) is 32.3 Å². The Bertz CT molecular complexity index is 2770. The van der Waals surface area contributed by atoms with Crippen molar-refractivity contribution in [3.63, 3.8) is 0 Å². The molecule has 4 aromatic carbocycles. The van der Waals surface area contributed by atoms with Crippen molar-refractivity contribution in [3.8, 4) is 11.5 Å². The Morgan fingerprint density at radius 3 is 1.62 bits per heavy atom. The minimum absolute atomic E-state index is 0. The van der Waals surface area contributed by atoms with Gasteiger partial charge in [-0.05, 0) is 103 Å². The van der Waals surface area contributed by atoms with Gasteiger partial charge in [-0.2, -0.15) is 0 Å². The number of aromatic nitrogens is 4. The van der Waals surface area contributed by atoms with Crippen molar-refractivity contribution in [2.45, 2.75) is 77.3 Å². The van der Waals surface area contributed by atoms with Gasteiger partial charge < -0.3 is 28.5 Å². The van der Waals surface area contributed by atoms with Crippen LogP contribution in [0.5, 0.6) is 11.5 Å². The number of nitrogens with zero attached hydrogens (tertiary/aromatic N) is 4. The summed E-state index contributed by atoms with van der Waals surface area (Å²) >= 11 is 6.85. The quantitative estimate of drug-likeness (QED) is 0.0538. The number of methoxy groups -OCH3 is 2. The fraction of sp³-hybridized carbons (Fsp3) is 0.319. The number of rotatable bonds is 17. The molecule has 1 N–H and O–H groups in total. The van der Waals surface area contributed by atoms with Crippen LogP contribution in [-0.4, -0.2) is 68.5 Å². The Kier molecular flexibility index (Phi) is 15.8. The number of fused-ring (bicyclic) bond motifs is 4. The molecule has 0 saturated carbocycles. The molecule has 4 heterocycles. The van der Waals surface area contributed by atoms with Crippen molar-refractivity contribution < 1.29 is 28.9 Å². The molecule has 320 valence electrons. The lowest BCUT2D eigenvalue weighted by atomic mass is 10.1. The van der Waals surface area contributed by atoms with Gasteiger partial charge in [0, 0.05) is 56.7 Å². The maximum Gasteiger partial charge on any atom is 0.305 e. The van der Waals surface area contributed by atoms with E-state index in [2.05, 4.69) is 76.2 Å². The number of hydrogen-bond donors (Lipinski definition) is 1. The van der Waals surface area contributed by atoms with Crippen LogP contribution in [0.3, 0.4) is 0 Å². The van der Waals surface area contributed by atoms with E-state index in [1.54, 1.807) is 60.4 Å². The highest BCUT2D eigenvalue weighted by Gasteiger charge is 2.18. The van der Waals surface area contributed by atoms with E-state index >= 15 is 0 Å². The number of hydrogen-bond acceptors (Lipinski definition) is 11. The molecular weight excluding hydrogens is 845 g/mol. The topological polar surface area (TPSA) is 118 Å². The zero-order valence-electron chi connectivity index (χ0n) is 34.4. The van der Waals surface area contributed by atoms with E-state index in [-0.39, 0.29) is 19.8 Å². The molecule has 61 heavy (non-hydrogen) atoms. The van der Waals surface area contributed by atoms with Crippen LogP contribution in [0, 0.1) is 13.8 Å². The van der Waals surface area contributed by atoms with E-state index in [0.29, 0.717) is 19.4 Å². The first-order chi connectivity index (χ1) is 29.2. The summed E-state index contributed by atoms with van der Waals surface area (Å²) in [5.41, 5.74) is 9.11. The number of thiophene rings is 2. The van der Waals surface area contributed by atoms with E-state index in [0.717, 1.165) is 74.9 Å². The zero-order valence-corrected chi connectivity index (χ0v) is 37.6. The number of benzene rings is 4. The highest BCUT2D eigenvalue weighted by atomic mass is 32.2. The summed E-state index contributed by atoms with van der Waals surface area (Å²) in [5, 5.41) is 17.9. The maximum absolute atomic E-state index is 11.6. The van der Waals surface area contributed by atoms with Crippen molar-refractivity contribution >= 4 is 100 Å². The van der Waals surface area contributed by atoms with Gasteiger partial charge in [0.05, 0.1) is 56.0 Å². The summed E-state index contributed by atoms with van der Waals surface area (Å²) in [6.07, 6.45) is 1.99. The second-order valence-electron chi connectivity index (χ2n) is 14.2. The lowest BCUT2D eigenvalue weighted by Gasteiger charge is -2.10. The predicted octanol–water partition coefficient (Wildman–Crippen LogP) is 12.3. The minimum atomic E-state index is -0.760. The number of imidazole rings is 2. The molecule has 0 fully saturated rings. The van der Waals surface area contributed by atoms with Crippen LogP contribution in [0.15, 0.2) is 93.9 Å². The molecule has 0 aliphatic carbocycles. The molecular formula is C47H52N4O6S4. The number of carbonyl (C=O) groups excluding carboxylic acids is 1. The standard InChI is InChI=1S/C24H26N2O3S2.C22H22N2O3S2.CH4/c1-4-29-22(27)9-6-12-30-24-25-19-13-18(28-3)10-11-20(19)26(24)14-17-15-31-21-8-5-7-16(2)23(17)21;1-14-5-3-6-19-21(14)15(13-29-19)12-24-18-9-8-16(27-2)11-17(18)23-22(24)28-10-4-7-20(25)26;/h5,7-8,10-11,13,15H,4,6,9,12,14H2,1-3H3;3,5-6,8-9,11,13H,4,7,10,12H2,1-2H3,(H,25,26);1H4. The van der Waals surface area contributed by atoms with Gasteiger partial charge in [-0.25, -0.2) is 9.97 Å². The van der Waals surface area contributed by atoms with Gasteiger partial charge in [0.15, 0.2) is 10.3 Å². The number of aryl methyl sites for hydroxylation is 2. The fourth-order valence-corrected chi connectivity index (χ4v) is 11.2. The summed E-state index contributed by atoms with van der Waals surface area (Å²) < 4.78 is 22.9. The third-order valence-corrected chi connectivity index (χ3v) is 14.2. The average Bonchev–Trinajstić information content (AvgIpc) is 4.02. The Morgan fingerprint density at radius 2 is 1.18 bits per heavy atom. The van der Waals surface area contributed by atoms with Gasteiger partial charge >= 0.3 is 11.9 Å². The lowest BCUT2D eigenvalue weighted by Crippen LogP contribution is -2.04. The van der Waals surface area contributed by atoms with Gasteiger partial charge in [-0.3, -0.25) is 9.59 Å². The van der Waals surface area contributed by atoms with E-state index < -0.39 is 5.97 Å². The van der Waals surface area contributed by atoms with E-state index in [1.165, 1.54) is 42.4 Å². The first-order valence-electron chi connectivity index (χ1n) is 19.8. The first kappa shape index (κ1) is 45.5. The normalized spacial score (nSPS) is 11.2. The Balaban J connectivity index is 0.000000201. The molecule has 0 atom stereocenters. The largest absolute Gasteiger partial charge is 0.497 e. The minimum Gasteiger partial charge on any atom is -0.497 e. The van der Waals surface area contributed by atoms with E-state index in [4.69, 9.17) is 29.3 Å². The second kappa shape index (κ2) is 21.2. The zero-order chi connectivity index (χ0) is 42.2. The summed E-state index contributed by atoms with van der Waals surface area (Å²) in [6, 6.07) is 24.8. The molecule has 0 unspecified atom stereocenters. The summed E-state index contributed by atoms with van der Waals surface area (Å²) in [7, 11) is 3.32. The molecule has 10 nitrogen and oxygen atoms in total. The SMILES string of the molecule is C.CCOC(=O)CCCSc1nc2cc(OC)ccc2n1Cc1csc2cccc(C)c12.COc1ccc2c(c1)nc(SCCCC(=O)O)n2Cc1csc2cccc(C)c12. The number of carboxylic acids is 1. The number of esters is 1. The van der Waals surface area contributed by atoms with Crippen molar-refractivity contribution in [1.29, 1.82) is 0 Å². The van der Waals surface area contributed by atoms with Crippen LogP contribution >= 0.6 is 46.2 Å². The van der Waals surface area contributed by atoms with Crippen LogP contribution in [0.25, 0.3) is 42.2 Å². The van der Waals surface area contributed by atoms with E-state index in [9.17, 15) is 9.59 Å². The molecule has 0 aliphatic heterocycles. The van der Waals surface area contributed by atoms with Gasteiger partial charge in [0.2, 0.25) is 0 Å². The smallest absolute Gasteiger partial charge is 0.305 e. The molecule has 8 rings (SSSR count). The highest BCUT2D eigenvalue weighted by Crippen LogP contribution is 2.35. The number of aliphatic carboxylic acids is 1.